The van der Waals surface area contributed by atoms with Crippen LogP contribution in [0, 0.1) is 0 Å². The zero-order valence-electron chi connectivity index (χ0n) is 10.8. The van der Waals surface area contributed by atoms with E-state index in [0.717, 1.165) is 13.0 Å². The smallest absolute Gasteiger partial charge is 0.214 e. The summed E-state index contributed by atoms with van der Waals surface area (Å²) in [4.78, 5) is 0. The van der Waals surface area contributed by atoms with Crippen LogP contribution in [0.25, 0.3) is 0 Å². The van der Waals surface area contributed by atoms with Gasteiger partial charge in [-0.25, -0.2) is 12.7 Å². The average molecular weight is 276 g/mol. The molecule has 106 valence electrons. The molecule has 2 fully saturated rings. The second-order valence-corrected chi connectivity index (χ2v) is 7.47. The number of nitrogens with zero attached hydrogens (tertiary/aromatic N) is 1. The van der Waals surface area contributed by atoms with Gasteiger partial charge in [0.25, 0.3) is 0 Å². The summed E-state index contributed by atoms with van der Waals surface area (Å²) in [5.41, 5.74) is 0. The van der Waals surface area contributed by atoms with Crippen molar-refractivity contribution in [2.75, 3.05) is 25.4 Å². The van der Waals surface area contributed by atoms with Crippen molar-refractivity contribution in [3.8, 4) is 0 Å². The van der Waals surface area contributed by atoms with Crippen LogP contribution in [0.3, 0.4) is 0 Å². The van der Waals surface area contributed by atoms with Gasteiger partial charge >= 0.3 is 0 Å². The molecule has 5 nitrogen and oxygen atoms in total. The molecule has 0 amide bonds. The highest BCUT2D eigenvalue weighted by atomic mass is 32.2. The van der Waals surface area contributed by atoms with Gasteiger partial charge in [-0.2, -0.15) is 0 Å². The summed E-state index contributed by atoms with van der Waals surface area (Å²) in [6.45, 7) is 1.96. The fraction of sp³-hybridized carbons (Fsp3) is 1.00. The van der Waals surface area contributed by atoms with Crippen LogP contribution in [0.15, 0.2) is 0 Å². The number of aliphatic hydroxyl groups excluding tert-OH is 1. The normalized spacial score (nSPS) is 28.4. The monoisotopic (exact) mass is 276 g/mol. The van der Waals surface area contributed by atoms with Crippen LogP contribution in [0.4, 0.5) is 0 Å². The van der Waals surface area contributed by atoms with Gasteiger partial charge in [-0.1, -0.05) is 6.42 Å². The average Bonchev–Trinajstić information content (AvgIpc) is 2.38. The second-order valence-electron chi connectivity index (χ2n) is 5.38. The standard InChI is InChI=1S/C12H24N2O3S/c15-12-4-8-14(9-5-12)18(16,17)10-6-11-3-1-2-7-13-11/h11-13,15H,1-10H2. The molecule has 1 atom stereocenters. The van der Waals surface area contributed by atoms with Crippen molar-refractivity contribution >= 4 is 10.0 Å². The van der Waals surface area contributed by atoms with Gasteiger partial charge < -0.3 is 10.4 Å². The molecule has 0 bridgehead atoms. The zero-order chi connectivity index (χ0) is 13.0. The molecule has 0 saturated carbocycles. The van der Waals surface area contributed by atoms with Gasteiger partial charge in [-0.05, 0) is 38.6 Å². The van der Waals surface area contributed by atoms with Gasteiger partial charge in [-0.15, -0.1) is 0 Å². The van der Waals surface area contributed by atoms with E-state index in [1.807, 2.05) is 0 Å². The maximum Gasteiger partial charge on any atom is 0.214 e. The van der Waals surface area contributed by atoms with Crippen LogP contribution < -0.4 is 5.32 Å². The Bertz CT molecular complexity index is 344. The first-order valence-electron chi connectivity index (χ1n) is 6.97. The van der Waals surface area contributed by atoms with E-state index < -0.39 is 10.0 Å². The lowest BCUT2D eigenvalue weighted by Gasteiger charge is -2.30. The van der Waals surface area contributed by atoms with E-state index in [-0.39, 0.29) is 11.9 Å². The third-order valence-electron chi connectivity index (χ3n) is 3.95. The molecule has 0 spiro atoms. The lowest BCUT2D eigenvalue weighted by atomic mass is 10.0. The molecular formula is C12H24N2O3S. The van der Waals surface area contributed by atoms with E-state index in [2.05, 4.69) is 5.32 Å². The summed E-state index contributed by atoms with van der Waals surface area (Å²) in [5.74, 6) is 0.237. The van der Waals surface area contributed by atoms with E-state index in [4.69, 9.17) is 0 Å². The first-order valence-corrected chi connectivity index (χ1v) is 8.58. The molecule has 2 heterocycles. The maximum absolute atomic E-state index is 12.2. The first kappa shape index (κ1) is 14.2. The number of hydrogen-bond acceptors (Lipinski definition) is 4. The Balaban J connectivity index is 1.79. The Morgan fingerprint density at radius 1 is 1.17 bits per heavy atom. The molecule has 1 unspecified atom stereocenters. The van der Waals surface area contributed by atoms with E-state index in [1.165, 1.54) is 12.8 Å². The first-order chi connectivity index (χ1) is 8.58. The lowest BCUT2D eigenvalue weighted by Crippen LogP contribution is -2.43. The Kier molecular flexibility index (Phi) is 5.00. The second kappa shape index (κ2) is 6.32. The summed E-state index contributed by atoms with van der Waals surface area (Å²) in [6.07, 6.45) is 5.02. The van der Waals surface area contributed by atoms with Crippen molar-refractivity contribution < 1.29 is 13.5 Å². The van der Waals surface area contributed by atoms with Crippen LogP contribution in [0.1, 0.15) is 38.5 Å². The van der Waals surface area contributed by atoms with Crippen molar-refractivity contribution in [2.24, 2.45) is 0 Å². The summed E-state index contributed by atoms with van der Waals surface area (Å²) >= 11 is 0. The minimum absolute atomic E-state index is 0.237. The summed E-state index contributed by atoms with van der Waals surface area (Å²) in [7, 11) is -3.12. The maximum atomic E-state index is 12.2. The predicted octanol–water partition coefficient (Wildman–Crippen LogP) is 0.305. The predicted molar refractivity (Wildman–Crippen MR) is 70.9 cm³/mol. The van der Waals surface area contributed by atoms with E-state index >= 15 is 0 Å². The summed E-state index contributed by atoms with van der Waals surface area (Å²) in [6, 6.07) is 0.365. The summed E-state index contributed by atoms with van der Waals surface area (Å²) in [5, 5.41) is 12.8. The van der Waals surface area contributed by atoms with Crippen LogP contribution >= 0.6 is 0 Å². The number of rotatable bonds is 4. The number of aliphatic hydroxyl groups is 1. The fourth-order valence-electron chi connectivity index (χ4n) is 2.71. The third-order valence-corrected chi connectivity index (χ3v) is 5.86. The molecule has 0 aromatic heterocycles. The molecule has 18 heavy (non-hydrogen) atoms. The highest BCUT2D eigenvalue weighted by Gasteiger charge is 2.27. The van der Waals surface area contributed by atoms with Gasteiger partial charge in [0, 0.05) is 19.1 Å². The Morgan fingerprint density at radius 3 is 2.50 bits per heavy atom. The lowest BCUT2D eigenvalue weighted by molar-refractivity contribution is 0.113. The number of sulfonamides is 1. The molecule has 6 heteroatoms. The quantitative estimate of drug-likeness (QED) is 0.775. The number of piperidine rings is 2. The van der Waals surface area contributed by atoms with Crippen molar-refractivity contribution in [1.29, 1.82) is 0 Å². The molecule has 0 aliphatic carbocycles. The molecule has 0 aromatic rings. The molecule has 2 N–H and O–H groups in total. The third kappa shape index (κ3) is 3.91. The van der Waals surface area contributed by atoms with Gasteiger partial charge in [0.15, 0.2) is 0 Å². The highest BCUT2D eigenvalue weighted by molar-refractivity contribution is 7.89. The number of nitrogens with one attached hydrogen (secondary N) is 1. The summed E-state index contributed by atoms with van der Waals surface area (Å²) < 4.78 is 25.8. The van der Waals surface area contributed by atoms with Crippen molar-refractivity contribution in [1.82, 2.24) is 9.62 Å². The van der Waals surface area contributed by atoms with Crippen LogP contribution in [-0.2, 0) is 10.0 Å². The molecular weight excluding hydrogens is 252 g/mol. The van der Waals surface area contributed by atoms with Gasteiger partial charge in [0.2, 0.25) is 10.0 Å². The van der Waals surface area contributed by atoms with Crippen LogP contribution in [0.2, 0.25) is 0 Å². The molecule has 0 aromatic carbocycles. The van der Waals surface area contributed by atoms with Crippen molar-refractivity contribution in [3.05, 3.63) is 0 Å². The van der Waals surface area contributed by atoms with Crippen molar-refractivity contribution in [2.45, 2.75) is 50.7 Å². The molecule has 2 saturated heterocycles. The molecule has 2 rings (SSSR count). The topological polar surface area (TPSA) is 69.6 Å². The fourth-order valence-corrected chi connectivity index (χ4v) is 4.32. The zero-order valence-corrected chi connectivity index (χ0v) is 11.7. The molecule has 2 aliphatic heterocycles. The minimum atomic E-state index is -3.12. The Morgan fingerprint density at radius 2 is 1.89 bits per heavy atom. The van der Waals surface area contributed by atoms with Crippen molar-refractivity contribution in [3.63, 3.8) is 0 Å². The molecule has 2 aliphatic rings. The highest BCUT2D eigenvalue weighted by Crippen LogP contribution is 2.17. The van der Waals surface area contributed by atoms with E-state index in [1.54, 1.807) is 4.31 Å². The van der Waals surface area contributed by atoms with Crippen LogP contribution in [0.5, 0.6) is 0 Å². The van der Waals surface area contributed by atoms with Gasteiger partial charge in [-0.3, -0.25) is 0 Å². The minimum Gasteiger partial charge on any atom is -0.393 e. The SMILES string of the molecule is O=S(=O)(CCC1CCCCN1)N1CCC(O)CC1. The van der Waals surface area contributed by atoms with E-state index in [0.29, 0.717) is 38.4 Å². The van der Waals surface area contributed by atoms with E-state index in [9.17, 15) is 13.5 Å². The largest absolute Gasteiger partial charge is 0.393 e. The Hall–Kier alpha value is -0.170. The van der Waals surface area contributed by atoms with Gasteiger partial charge in [0.1, 0.15) is 0 Å². The van der Waals surface area contributed by atoms with Crippen LogP contribution in [-0.4, -0.2) is 55.4 Å². The Labute approximate surface area is 110 Å². The van der Waals surface area contributed by atoms with Gasteiger partial charge in [0.05, 0.1) is 11.9 Å². The molecule has 0 radical (unpaired) electrons. The number of hydrogen-bond donors (Lipinski definition) is 2.